The topological polar surface area (TPSA) is 45.4 Å². The molecular weight excluding hydrogens is 224 g/mol. The van der Waals surface area contributed by atoms with E-state index in [1.807, 2.05) is 13.0 Å². The van der Waals surface area contributed by atoms with E-state index in [0.29, 0.717) is 12.6 Å². The maximum Gasteiger partial charge on any atom is 0.133 e. The summed E-state index contributed by atoms with van der Waals surface area (Å²) in [6.45, 7) is 11.4. The van der Waals surface area contributed by atoms with Gasteiger partial charge in [-0.1, -0.05) is 6.07 Å². The molecule has 1 aromatic heterocycles. The van der Waals surface area contributed by atoms with Crippen LogP contribution in [-0.2, 0) is 6.54 Å². The molecule has 0 saturated carbocycles. The van der Waals surface area contributed by atoms with Crippen molar-refractivity contribution in [2.75, 3.05) is 31.1 Å². The van der Waals surface area contributed by atoms with Crippen molar-refractivity contribution >= 4 is 5.82 Å². The highest BCUT2D eigenvalue weighted by Crippen LogP contribution is 2.20. The van der Waals surface area contributed by atoms with Crippen LogP contribution >= 0.6 is 0 Å². The molecule has 0 radical (unpaired) electrons. The van der Waals surface area contributed by atoms with E-state index in [-0.39, 0.29) is 0 Å². The van der Waals surface area contributed by atoms with Crippen LogP contribution in [0, 0.1) is 6.92 Å². The third kappa shape index (κ3) is 2.82. The molecule has 18 heavy (non-hydrogen) atoms. The summed E-state index contributed by atoms with van der Waals surface area (Å²) in [5.41, 5.74) is 8.02. The number of aryl methyl sites for hydroxylation is 1. The molecule has 0 atom stereocenters. The van der Waals surface area contributed by atoms with Crippen LogP contribution in [0.4, 0.5) is 5.82 Å². The van der Waals surface area contributed by atoms with Gasteiger partial charge < -0.3 is 10.6 Å². The average molecular weight is 248 g/mol. The molecule has 1 fully saturated rings. The zero-order valence-corrected chi connectivity index (χ0v) is 11.7. The molecule has 0 aliphatic carbocycles. The largest absolute Gasteiger partial charge is 0.354 e. The summed E-state index contributed by atoms with van der Waals surface area (Å²) in [4.78, 5) is 9.54. The summed E-state index contributed by atoms with van der Waals surface area (Å²) in [6, 6.07) is 4.77. The number of nitrogens with zero attached hydrogens (tertiary/aromatic N) is 3. The fourth-order valence-electron chi connectivity index (χ4n) is 2.46. The Morgan fingerprint density at radius 2 is 1.89 bits per heavy atom. The fraction of sp³-hybridized carbons (Fsp3) is 0.643. The van der Waals surface area contributed by atoms with Crippen molar-refractivity contribution in [3.8, 4) is 0 Å². The van der Waals surface area contributed by atoms with E-state index in [9.17, 15) is 0 Å². The number of rotatable bonds is 3. The number of aromatic nitrogens is 1. The Bertz CT molecular complexity index is 395. The lowest BCUT2D eigenvalue weighted by Gasteiger charge is -2.38. The van der Waals surface area contributed by atoms with Crippen LogP contribution in [0.5, 0.6) is 0 Å². The van der Waals surface area contributed by atoms with Gasteiger partial charge in [-0.05, 0) is 26.8 Å². The van der Waals surface area contributed by atoms with E-state index in [0.717, 1.165) is 43.3 Å². The Balaban J connectivity index is 2.11. The summed E-state index contributed by atoms with van der Waals surface area (Å²) in [6.07, 6.45) is 0. The smallest absolute Gasteiger partial charge is 0.133 e. The third-order valence-corrected chi connectivity index (χ3v) is 3.66. The molecule has 0 bridgehead atoms. The Labute approximate surface area is 110 Å². The highest BCUT2D eigenvalue weighted by Gasteiger charge is 2.21. The van der Waals surface area contributed by atoms with E-state index in [4.69, 9.17) is 5.73 Å². The number of anilines is 1. The number of hydrogen-bond acceptors (Lipinski definition) is 4. The van der Waals surface area contributed by atoms with Gasteiger partial charge in [0.05, 0.1) is 0 Å². The van der Waals surface area contributed by atoms with Gasteiger partial charge in [0, 0.05) is 50.0 Å². The lowest BCUT2D eigenvalue weighted by atomic mass is 10.2. The van der Waals surface area contributed by atoms with Crippen molar-refractivity contribution in [3.05, 3.63) is 23.4 Å². The predicted octanol–water partition coefficient (Wildman–Crippen LogP) is 1.38. The van der Waals surface area contributed by atoms with Gasteiger partial charge in [-0.15, -0.1) is 0 Å². The van der Waals surface area contributed by atoms with Crippen molar-refractivity contribution in [1.29, 1.82) is 0 Å². The molecule has 4 heteroatoms. The molecule has 4 nitrogen and oxygen atoms in total. The van der Waals surface area contributed by atoms with Crippen LogP contribution in [0.1, 0.15) is 25.1 Å². The first-order valence-electron chi connectivity index (χ1n) is 6.77. The molecule has 1 saturated heterocycles. The van der Waals surface area contributed by atoms with Crippen molar-refractivity contribution in [2.24, 2.45) is 5.73 Å². The molecule has 0 unspecified atom stereocenters. The van der Waals surface area contributed by atoms with Gasteiger partial charge in [0.2, 0.25) is 0 Å². The second-order valence-electron chi connectivity index (χ2n) is 5.26. The van der Waals surface area contributed by atoms with Crippen LogP contribution in [0.2, 0.25) is 0 Å². The maximum absolute atomic E-state index is 5.81. The van der Waals surface area contributed by atoms with Crippen LogP contribution in [0.15, 0.2) is 12.1 Å². The minimum Gasteiger partial charge on any atom is -0.354 e. The molecular formula is C14H24N4. The first-order chi connectivity index (χ1) is 8.61. The number of piperazine rings is 1. The van der Waals surface area contributed by atoms with E-state index < -0.39 is 0 Å². The predicted molar refractivity (Wildman–Crippen MR) is 75.8 cm³/mol. The lowest BCUT2D eigenvalue weighted by Crippen LogP contribution is -2.49. The van der Waals surface area contributed by atoms with Gasteiger partial charge in [0.1, 0.15) is 5.82 Å². The summed E-state index contributed by atoms with van der Waals surface area (Å²) in [7, 11) is 0. The van der Waals surface area contributed by atoms with E-state index in [2.05, 4.69) is 34.7 Å². The Morgan fingerprint density at radius 3 is 2.44 bits per heavy atom. The molecule has 1 aliphatic heterocycles. The van der Waals surface area contributed by atoms with Crippen LogP contribution in [-0.4, -0.2) is 42.1 Å². The van der Waals surface area contributed by atoms with E-state index in [1.54, 1.807) is 0 Å². The minimum atomic E-state index is 0.563. The molecule has 0 spiro atoms. The van der Waals surface area contributed by atoms with Gasteiger partial charge in [-0.25, -0.2) is 4.98 Å². The second-order valence-corrected chi connectivity index (χ2v) is 5.26. The molecule has 2 N–H and O–H groups in total. The highest BCUT2D eigenvalue weighted by molar-refractivity contribution is 5.48. The van der Waals surface area contributed by atoms with E-state index in [1.165, 1.54) is 0 Å². The molecule has 2 heterocycles. The Hall–Kier alpha value is -1.13. The molecule has 1 aliphatic rings. The Kier molecular flexibility index (Phi) is 4.19. The first kappa shape index (κ1) is 13.3. The summed E-state index contributed by atoms with van der Waals surface area (Å²) in [5, 5.41) is 0. The average Bonchev–Trinajstić information content (AvgIpc) is 2.39. The molecule has 2 rings (SSSR count). The molecule has 0 amide bonds. The van der Waals surface area contributed by atoms with Crippen molar-refractivity contribution in [1.82, 2.24) is 9.88 Å². The first-order valence-corrected chi connectivity index (χ1v) is 6.77. The monoisotopic (exact) mass is 248 g/mol. The standard InChI is InChI=1S/C14H24N4/c1-11(2)17-6-8-18(9-7-17)14-13(10-15)5-4-12(3)16-14/h4-5,11H,6-10,15H2,1-3H3. The second kappa shape index (κ2) is 5.67. The summed E-state index contributed by atoms with van der Waals surface area (Å²) in [5.74, 6) is 1.08. The number of nitrogens with two attached hydrogens (primary N) is 1. The summed E-state index contributed by atoms with van der Waals surface area (Å²) < 4.78 is 0. The highest BCUT2D eigenvalue weighted by atomic mass is 15.3. The SMILES string of the molecule is Cc1ccc(CN)c(N2CCN(C(C)C)CC2)n1. The van der Waals surface area contributed by atoms with Gasteiger partial charge in [-0.2, -0.15) is 0 Å². The Morgan fingerprint density at radius 1 is 1.22 bits per heavy atom. The normalized spacial score (nSPS) is 17.5. The quantitative estimate of drug-likeness (QED) is 0.878. The van der Waals surface area contributed by atoms with Gasteiger partial charge in [0.15, 0.2) is 0 Å². The molecule has 1 aromatic rings. The molecule has 100 valence electrons. The van der Waals surface area contributed by atoms with Crippen LogP contribution in [0.25, 0.3) is 0 Å². The third-order valence-electron chi connectivity index (χ3n) is 3.66. The fourth-order valence-corrected chi connectivity index (χ4v) is 2.46. The van der Waals surface area contributed by atoms with Gasteiger partial charge >= 0.3 is 0 Å². The van der Waals surface area contributed by atoms with Gasteiger partial charge in [-0.3, -0.25) is 4.90 Å². The van der Waals surface area contributed by atoms with Crippen LogP contribution in [0.3, 0.4) is 0 Å². The zero-order chi connectivity index (χ0) is 13.1. The van der Waals surface area contributed by atoms with Crippen LogP contribution < -0.4 is 10.6 Å². The van der Waals surface area contributed by atoms with Crippen molar-refractivity contribution in [3.63, 3.8) is 0 Å². The van der Waals surface area contributed by atoms with Crippen molar-refractivity contribution in [2.45, 2.75) is 33.4 Å². The number of hydrogen-bond donors (Lipinski definition) is 1. The van der Waals surface area contributed by atoms with E-state index >= 15 is 0 Å². The molecule has 0 aromatic carbocycles. The maximum atomic E-state index is 5.81. The lowest BCUT2D eigenvalue weighted by molar-refractivity contribution is 0.209. The summed E-state index contributed by atoms with van der Waals surface area (Å²) >= 11 is 0. The van der Waals surface area contributed by atoms with Crippen molar-refractivity contribution < 1.29 is 0 Å². The zero-order valence-electron chi connectivity index (χ0n) is 11.7. The number of pyridine rings is 1. The van der Waals surface area contributed by atoms with Gasteiger partial charge in [0.25, 0.3) is 0 Å². The minimum absolute atomic E-state index is 0.563.